The molecule has 0 saturated carbocycles. The SMILES string of the molecule is Cc1c[c]ccc1CO. The summed E-state index contributed by atoms with van der Waals surface area (Å²) in [5.74, 6) is 0. The molecule has 1 nitrogen and oxygen atoms in total. The number of hydrogen-bond acceptors (Lipinski definition) is 1. The van der Waals surface area contributed by atoms with Crippen LogP contribution in [0.25, 0.3) is 0 Å². The first-order valence-corrected chi connectivity index (χ1v) is 2.91. The van der Waals surface area contributed by atoms with Gasteiger partial charge in [-0.25, -0.2) is 0 Å². The lowest BCUT2D eigenvalue weighted by Gasteiger charge is -1.97. The van der Waals surface area contributed by atoms with Gasteiger partial charge in [0.15, 0.2) is 0 Å². The maximum atomic E-state index is 8.70. The minimum atomic E-state index is 0.126. The minimum absolute atomic E-state index is 0.126. The van der Waals surface area contributed by atoms with Crippen molar-refractivity contribution in [1.29, 1.82) is 0 Å². The molecule has 1 rings (SSSR count). The molecular formula is C8H9O. The molecular weight excluding hydrogens is 112 g/mol. The Balaban J connectivity index is 3.01. The molecule has 0 heterocycles. The van der Waals surface area contributed by atoms with Gasteiger partial charge in [0.1, 0.15) is 0 Å². The van der Waals surface area contributed by atoms with Crippen LogP contribution in [-0.4, -0.2) is 5.11 Å². The van der Waals surface area contributed by atoms with Crippen molar-refractivity contribution in [3.05, 3.63) is 35.4 Å². The fraction of sp³-hybridized carbons (Fsp3) is 0.250. The van der Waals surface area contributed by atoms with Crippen LogP contribution in [0.15, 0.2) is 18.2 Å². The number of benzene rings is 1. The van der Waals surface area contributed by atoms with Crippen molar-refractivity contribution in [2.24, 2.45) is 0 Å². The second-order valence-corrected chi connectivity index (χ2v) is 2.01. The lowest BCUT2D eigenvalue weighted by molar-refractivity contribution is 0.281. The van der Waals surface area contributed by atoms with Crippen LogP contribution in [0.5, 0.6) is 0 Å². The van der Waals surface area contributed by atoms with E-state index in [1.807, 2.05) is 19.1 Å². The molecule has 1 radical (unpaired) electrons. The Morgan fingerprint density at radius 1 is 1.67 bits per heavy atom. The van der Waals surface area contributed by atoms with Crippen molar-refractivity contribution in [1.82, 2.24) is 0 Å². The molecule has 0 spiro atoms. The van der Waals surface area contributed by atoms with E-state index in [2.05, 4.69) is 6.07 Å². The van der Waals surface area contributed by atoms with Crippen molar-refractivity contribution in [2.75, 3.05) is 0 Å². The van der Waals surface area contributed by atoms with Gasteiger partial charge in [0.25, 0.3) is 0 Å². The van der Waals surface area contributed by atoms with Gasteiger partial charge in [0, 0.05) is 0 Å². The predicted molar refractivity (Wildman–Crippen MR) is 35.9 cm³/mol. The van der Waals surface area contributed by atoms with E-state index in [4.69, 9.17) is 5.11 Å². The summed E-state index contributed by atoms with van der Waals surface area (Å²) in [5, 5.41) is 8.70. The van der Waals surface area contributed by atoms with Gasteiger partial charge in [-0.1, -0.05) is 18.2 Å². The normalized spacial score (nSPS) is 9.56. The average molecular weight is 121 g/mol. The van der Waals surface area contributed by atoms with Gasteiger partial charge in [-0.3, -0.25) is 0 Å². The summed E-state index contributed by atoms with van der Waals surface area (Å²) in [6, 6.07) is 8.47. The van der Waals surface area contributed by atoms with Gasteiger partial charge < -0.3 is 5.11 Å². The highest BCUT2D eigenvalue weighted by Crippen LogP contribution is 2.04. The maximum absolute atomic E-state index is 8.70. The van der Waals surface area contributed by atoms with Gasteiger partial charge in [0.05, 0.1) is 6.61 Å². The summed E-state index contributed by atoms with van der Waals surface area (Å²) in [6.07, 6.45) is 0. The molecule has 1 N–H and O–H groups in total. The molecule has 0 saturated heterocycles. The van der Waals surface area contributed by atoms with Crippen LogP contribution in [-0.2, 0) is 6.61 Å². The van der Waals surface area contributed by atoms with Crippen molar-refractivity contribution >= 4 is 0 Å². The first kappa shape index (κ1) is 6.30. The quantitative estimate of drug-likeness (QED) is 0.593. The highest BCUT2D eigenvalue weighted by Gasteiger charge is 1.90. The van der Waals surface area contributed by atoms with Crippen molar-refractivity contribution < 1.29 is 5.11 Å². The number of rotatable bonds is 1. The summed E-state index contributed by atoms with van der Waals surface area (Å²) in [6.45, 7) is 2.09. The summed E-state index contributed by atoms with van der Waals surface area (Å²) in [7, 11) is 0. The Hall–Kier alpha value is -0.820. The lowest BCUT2D eigenvalue weighted by Crippen LogP contribution is -1.85. The molecule has 0 amide bonds. The smallest absolute Gasteiger partial charge is 0.0684 e. The predicted octanol–water partition coefficient (Wildman–Crippen LogP) is 1.29. The zero-order chi connectivity index (χ0) is 6.69. The van der Waals surface area contributed by atoms with E-state index < -0.39 is 0 Å². The molecule has 47 valence electrons. The summed E-state index contributed by atoms with van der Waals surface area (Å²) in [4.78, 5) is 0. The second kappa shape index (κ2) is 2.65. The molecule has 0 atom stereocenters. The Kier molecular flexibility index (Phi) is 1.85. The van der Waals surface area contributed by atoms with E-state index in [1.165, 1.54) is 0 Å². The Morgan fingerprint density at radius 2 is 2.44 bits per heavy atom. The molecule has 0 aliphatic heterocycles. The van der Waals surface area contributed by atoms with E-state index in [-0.39, 0.29) is 6.61 Å². The lowest BCUT2D eigenvalue weighted by atomic mass is 10.1. The third kappa shape index (κ3) is 1.30. The third-order valence-electron chi connectivity index (χ3n) is 1.36. The van der Waals surface area contributed by atoms with Crippen LogP contribution < -0.4 is 0 Å². The van der Waals surface area contributed by atoms with Crippen LogP contribution in [0.4, 0.5) is 0 Å². The molecule has 0 aliphatic carbocycles. The van der Waals surface area contributed by atoms with E-state index in [0.717, 1.165) is 11.1 Å². The zero-order valence-electron chi connectivity index (χ0n) is 5.39. The van der Waals surface area contributed by atoms with Crippen molar-refractivity contribution in [2.45, 2.75) is 13.5 Å². The number of aliphatic hydroxyl groups excluding tert-OH is 1. The summed E-state index contributed by atoms with van der Waals surface area (Å²) in [5.41, 5.74) is 2.08. The largest absolute Gasteiger partial charge is 0.392 e. The number of aliphatic hydroxyl groups is 1. The summed E-state index contributed by atoms with van der Waals surface area (Å²) < 4.78 is 0. The molecule has 1 heteroatoms. The molecule has 0 aliphatic rings. The summed E-state index contributed by atoms with van der Waals surface area (Å²) >= 11 is 0. The van der Waals surface area contributed by atoms with Gasteiger partial charge >= 0.3 is 0 Å². The maximum Gasteiger partial charge on any atom is 0.0684 e. The fourth-order valence-corrected chi connectivity index (χ4v) is 0.723. The first-order chi connectivity index (χ1) is 4.34. The number of hydrogen-bond donors (Lipinski definition) is 1. The molecule has 0 unspecified atom stereocenters. The fourth-order valence-electron chi connectivity index (χ4n) is 0.723. The zero-order valence-corrected chi connectivity index (χ0v) is 5.39. The first-order valence-electron chi connectivity index (χ1n) is 2.91. The van der Waals surface area contributed by atoms with Crippen molar-refractivity contribution in [3.63, 3.8) is 0 Å². The highest BCUT2D eigenvalue weighted by molar-refractivity contribution is 5.23. The van der Waals surface area contributed by atoms with Crippen molar-refractivity contribution in [3.8, 4) is 0 Å². The molecule has 0 fully saturated rings. The molecule has 1 aromatic rings. The Labute approximate surface area is 55.0 Å². The average Bonchev–Trinajstić information content (AvgIpc) is 1.89. The molecule has 0 bridgehead atoms. The monoisotopic (exact) mass is 121 g/mol. The van der Waals surface area contributed by atoms with Gasteiger partial charge in [-0.15, -0.1) is 0 Å². The highest BCUT2D eigenvalue weighted by atomic mass is 16.3. The third-order valence-corrected chi connectivity index (χ3v) is 1.36. The van der Waals surface area contributed by atoms with Crippen LogP contribution >= 0.6 is 0 Å². The van der Waals surface area contributed by atoms with E-state index >= 15 is 0 Å². The van der Waals surface area contributed by atoms with Crippen LogP contribution in [0, 0.1) is 13.0 Å². The second-order valence-electron chi connectivity index (χ2n) is 2.01. The van der Waals surface area contributed by atoms with E-state index in [0.29, 0.717) is 0 Å². The Bertz CT molecular complexity index is 194. The molecule has 9 heavy (non-hydrogen) atoms. The Morgan fingerprint density at radius 3 is 2.89 bits per heavy atom. The van der Waals surface area contributed by atoms with E-state index in [1.54, 1.807) is 6.07 Å². The standard InChI is InChI=1S/C8H9O/c1-7-4-2-3-5-8(7)6-9/h3-5,9H,6H2,1H3. The topological polar surface area (TPSA) is 20.2 Å². The van der Waals surface area contributed by atoms with Crippen LogP contribution in [0.1, 0.15) is 11.1 Å². The van der Waals surface area contributed by atoms with Crippen LogP contribution in [0.2, 0.25) is 0 Å². The van der Waals surface area contributed by atoms with Crippen LogP contribution in [0.3, 0.4) is 0 Å². The molecule has 1 aromatic carbocycles. The number of aryl methyl sites for hydroxylation is 1. The molecule has 0 aromatic heterocycles. The van der Waals surface area contributed by atoms with E-state index in [9.17, 15) is 0 Å². The minimum Gasteiger partial charge on any atom is -0.392 e. The van der Waals surface area contributed by atoms with Gasteiger partial charge in [0.2, 0.25) is 0 Å². The van der Waals surface area contributed by atoms with Gasteiger partial charge in [-0.2, -0.15) is 0 Å². The van der Waals surface area contributed by atoms with Gasteiger partial charge in [-0.05, 0) is 24.1 Å².